The lowest BCUT2D eigenvalue weighted by molar-refractivity contribution is -0.139. The molecule has 0 saturated carbocycles. The lowest BCUT2D eigenvalue weighted by Gasteiger charge is -2.13. The number of carboxylic acids is 1. The highest BCUT2D eigenvalue weighted by atomic mass is 127. The van der Waals surface area contributed by atoms with E-state index in [2.05, 4.69) is 39.4 Å². The van der Waals surface area contributed by atoms with Crippen molar-refractivity contribution in [3.8, 4) is 28.4 Å². The third-order valence-electron chi connectivity index (χ3n) is 5.58. The summed E-state index contributed by atoms with van der Waals surface area (Å²) in [5, 5.41) is 13.0. The van der Waals surface area contributed by atoms with Gasteiger partial charge in [0.05, 0.1) is 22.1 Å². The first kappa shape index (κ1) is 26.9. The summed E-state index contributed by atoms with van der Waals surface area (Å²) in [4.78, 5) is 23.6. The Labute approximate surface area is 234 Å². The molecule has 194 valence electrons. The molecular formula is C29H26IN3O5. The average Bonchev–Trinajstić information content (AvgIpc) is 3.30. The highest BCUT2D eigenvalue weighted by molar-refractivity contribution is 14.1. The van der Waals surface area contributed by atoms with Gasteiger partial charge in [-0.15, -0.1) is 0 Å². The molecule has 9 heteroatoms. The fraction of sp³-hybridized carbons (Fsp3) is 0.138. The quantitative estimate of drug-likeness (QED) is 0.135. The lowest BCUT2D eigenvalue weighted by atomic mass is 10.1. The summed E-state index contributed by atoms with van der Waals surface area (Å²) in [6.07, 6.45) is 1.49. The maximum Gasteiger partial charge on any atom is 0.341 e. The largest absolute Gasteiger partial charge is 0.490 e. The number of rotatable bonds is 10. The third kappa shape index (κ3) is 6.41. The fourth-order valence-electron chi connectivity index (χ4n) is 3.91. The average molecular weight is 623 g/mol. The first-order chi connectivity index (χ1) is 18.4. The van der Waals surface area contributed by atoms with E-state index >= 15 is 0 Å². The van der Waals surface area contributed by atoms with Gasteiger partial charge in [0.2, 0.25) is 0 Å². The van der Waals surface area contributed by atoms with Crippen LogP contribution in [0.2, 0.25) is 0 Å². The number of ether oxygens (including phenoxy) is 2. The zero-order valence-corrected chi connectivity index (χ0v) is 23.0. The highest BCUT2D eigenvalue weighted by Crippen LogP contribution is 2.34. The summed E-state index contributed by atoms with van der Waals surface area (Å²) in [5.74, 6) is -0.671. The van der Waals surface area contributed by atoms with Gasteiger partial charge in [0, 0.05) is 16.9 Å². The molecule has 38 heavy (non-hydrogen) atoms. The zero-order chi connectivity index (χ0) is 27.1. The van der Waals surface area contributed by atoms with Crippen molar-refractivity contribution in [1.29, 1.82) is 0 Å². The second-order valence-corrected chi connectivity index (χ2v) is 9.41. The van der Waals surface area contributed by atoms with E-state index in [1.54, 1.807) is 24.3 Å². The minimum Gasteiger partial charge on any atom is -0.490 e. The maximum absolute atomic E-state index is 12.7. The number of aliphatic carboxylic acids is 1. The summed E-state index contributed by atoms with van der Waals surface area (Å²) < 4.78 is 13.8. The van der Waals surface area contributed by atoms with Gasteiger partial charge in [0.15, 0.2) is 18.1 Å². The van der Waals surface area contributed by atoms with Crippen LogP contribution in [0.15, 0.2) is 84.0 Å². The second-order valence-electron chi connectivity index (χ2n) is 8.25. The molecule has 8 nitrogen and oxygen atoms in total. The van der Waals surface area contributed by atoms with Gasteiger partial charge in [-0.2, -0.15) is 5.10 Å². The summed E-state index contributed by atoms with van der Waals surface area (Å²) in [6.45, 7) is 3.77. The van der Waals surface area contributed by atoms with Gasteiger partial charge in [0.25, 0.3) is 5.91 Å². The molecule has 0 saturated heterocycles. The molecule has 0 radical (unpaired) electrons. The van der Waals surface area contributed by atoms with Crippen LogP contribution in [-0.4, -0.2) is 41.0 Å². The van der Waals surface area contributed by atoms with E-state index in [0.29, 0.717) is 32.8 Å². The molecule has 0 bridgehead atoms. The normalized spacial score (nSPS) is 10.9. The number of benzene rings is 3. The van der Waals surface area contributed by atoms with Crippen LogP contribution in [0.3, 0.4) is 0 Å². The minimum absolute atomic E-state index is 0.346. The van der Waals surface area contributed by atoms with Gasteiger partial charge in [-0.1, -0.05) is 30.3 Å². The number of halogens is 1. The van der Waals surface area contributed by atoms with Crippen molar-refractivity contribution in [2.24, 2.45) is 5.10 Å². The van der Waals surface area contributed by atoms with E-state index in [-0.39, 0.29) is 5.91 Å². The molecule has 0 aliphatic rings. The summed E-state index contributed by atoms with van der Waals surface area (Å²) in [5.41, 5.74) is 7.91. The standard InChI is InChI=1S/C29H26IN3O5/c1-3-37-26-16-20(15-24(30)28(26)38-18-27(34)35)17-31-32-29(36)22-10-12-23(13-11-22)33-19(2)9-14-25(33)21-7-5-4-6-8-21/h4-17H,3,18H2,1-2H3,(H,32,36)(H,34,35)/b31-17+. The molecule has 1 heterocycles. The van der Waals surface area contributed by atoms with Crippen LogP contribution >= 0.6 is 22.6 Å². The van der Waals surface area contributed by atoms with Crippen molar-refractivity contribution in [1.82, 2.24) is 9.99 Å². The molecule has 1 amide bonds. The molecular weight excluding hydrogens is 597 g/mol. The number of carbonyl (C=O) groups excluding carboxylic acids is 1. The van der Waals surface area contributed by atoms with Crippen molar-refractivity contribution >= 4 is 40.7 Å². The predicted molar refractivity (Wildman–Crippen MR) is 154 cm³/mol. The summed E-state index contributed by atoms with van der Waals surface area (Å²) in [6, 6.07) is 25.1. The number of carboxylic acid groups (broad SMARTS) is 1. The van der Waals surface area contributed by atoms with Crippen LogP contribution in [0.25, 0.3) is 16.9 Å². The number of amides is 1. The molecule has 0 unspecified atom stereocenters. The monoisotopic (exact) mass is 623 g/mol. The van der Waals surface area contributed by atoms with Gasteiger partial charge in [-0.05, 0) is 96.1 Å². The van der Waals surface area contributed by atoms with Gasteiger partial charge >= 0.3 is 5.97 Å². The Morgan fingerprint density at radius 3 is 2.45 bits per heavy atom. The predicted octanol–water partition coefficient (Wildman–Crippen LogP) is 5.68. The van der Waals surface area contributed by atoms with Gasteiger partial charge in [-0.3, -0.25) is 4.79 Å². The number of hydrazone groups is 1. The Bertz CT molecular complexity index is 1460. The fourth-order valence-corrected chi connectivity index (χ4v) is 4.69. The maximum atomic E-state index is 12.7. The highest BCUT2D eigenvalue weighted by Gasteiger charge is 2.14. The molecule has 0 atom stereocenters. The third-order valence-corrected chi connectivity index (χ3v) is 6.39. The molecule has 1 aromatic heterocycles. The number of aryl methyl sites for hydroxylation is 1. The number of nitrogens with one attached hydrogen (secondary N) is 1. The molecule has 2 N–H and O–H groups in total. The number of carbonyl (C=O) groups is 2. The van der Waals surface area contributed by atoms with Crippen molar-refractivity contribution < 1.29 is 24.2 Å². The van der Waals surface area contributed by atoms with Gasteiger partial charge < -0.3 is 19.1 Å². The Balaban J connectivity index is 1.47. The summed E-state index contributed by atoms with van der Waals surface area (Å²) >= 11 is 2.04. The van der Waals surface area contributed by atoms with Crippen molar-refractivity contribution in [3.63, 3.8) is 0 Å². The molecule has 0 aliphatic carbocycles. The second kappa shape index (κ2) is 12.4. The van der Waals surface area contributed by atoms with Crippen molar-refractivity contribution in [2.45, 2.75) is 13.8 Å². The number of hydrogen-bond donors (Lipinski definition) is 2. The Hall–Kier alpha value is -4.12. The van der Waals surface area contributed by atoms with E-state index < -0.39 is 12.6 Å². The van der Waals surface area contributed by atoms with Crippen LogP contribution in [0.5, 0.6) is 11.5 Å². The number of aromatic nitrogens is 1. The number of nitrogens with zero attached hydrogens (tertiary/aromatic N) is 2. The van der Waals surface area contributed by atoms with Crippen molar-refractivity contribution in [2.75, 3.05) is 13.2 Å². The van der Waals surface area contributed by atoms with Gasteiger partial charge in [-0.25, -0.2) is 10.2 Å². The molecule has 0 fully saturated rings. The molecule has 4 aromatic rings. The van der Waals surface area contributed by atoms with Crippen LogP contribution in [0.4, 0.5) is 0 Å². The SMILES string of the molecule is CCOc1cc(/C=N/NC(=O)c2ccc(-n3c(C)ccc3-c3ccccc3)cc2)cc(I)c1OCC(=O)O. The molecule has 3 aromatic carbocycles. The van der Waals surface area contributed by atoms with Crippen LogP contribution in [0.1, 0.15) is 28.5 Å². The van der Waals surface area contributed by atoms with E-state index in [1.165, 1.54) is 6.21 Å². The minimum atomic E-state index is -1.08. The van der Waals surface area contributed by atoms with Crippen LogP contribution in [-0.2, 0) is 4.79 Å². The Kier molecular flexibility index (Phi) is 8.80. The zero-order valence-electron chi connectivity index (χ0n) is 20.8. The lowest BCUT2D eigenvalue weighted by Crippen LogP contribution is -2.17. The summed E-state index contributed by atoms with van der Waals surface area (Å²) in [7, 11) is 0. The van der Waals surface area contributed by atoms with E-state index in [4.69, 9.17) is 14.6 Å². The molecule has 0 aliphatic heterocycles. The smallest absolute Gasteiger partial charge is 0.341 e. The molecule has 4 rings (SSSR count). The van der Waals surface area contributed by atoms with E-state index in [9.17, 15) is 9.59 Å². The number of hydrogen-bond acceptors (Lipinski definition) is 5. The van der Waals surface area contributed by atoms with Crippen LogP contribution in [0, 0.1) is 10.5 Å². The first-order valence-electron chi connectivity index (χ1n) is 11.9. The van der Waals surface area contributed by atoms with Gasteiger partial charge in [0.1, 0.15) is 0 Å². The van der Waals surface area contributed by atoms with E-state index in [0.717, 1.165) is 22.6 Å². The van der Waals surface area contributed by atoms with Crippen LogP contribution < -0.4 is 14.9 Å². The molecule has 0 spiro atoms. The Morgan fingerprint density at radius 2 is 1.76 bits per heavy atom. The topological polar surface area (TPSA) is 102 Å². The van der Waals surface area contributed by atoms with Crippen molar-refractivity contribution in [3.05, 3.63) is 99.3 Å². The van der Waals surface area contributed by atoms with E-state index in [1.807, 2.05) is 66.8 Å². The Morgan fingerprint density at radius 1 is 1.03 bits per heavy atom. The first-order valence-corrected chi connectivity index (χ1v) is 12.9.